The number of halogens is 3. The SMILES string of the molecule is Cc1cc(Nc2ccccc2)cc(-n2nc(C(F)(F)F)nc2Nc2ccc3c(c2)CCC(N2CCCC2)CC3)n1. The molecule has 2 aliphatic rings. The van der Waals surface area contributed by atoms with Crippen LogP contribution in [0.25, 0.3) is 5.82 Å². The number of aromatic nitrogens is 4. The molecular weight excluding hydrogens is 515 g/mol. The van der Waals surface area contributed by atoms with Gasteiger partial charge in [0.05, 0.1) is 0 Å². The van der Waals surface area contributed by atoms with Crippen LogP contribution in [0.5, 0.6) is 0 Å². The lowest BCUT2D eigenvalue weighted by molar-refractivity contribution is -0.144. The maximum Gasteiger partial charge on any atom is 0.453 e. The fraction of sp³-hybridized carbons (Fsp3) is 0.367. The molecule has 208 valence electrons. The third kappa shape index (κ3) is 5.82. The Bertz CT molecular complexity index is 1480. The Morgan fingerprint density at radius 1 is 0.800 bits per heavy atom. The van der Waals surface area contributed by atoms with E-state index in [4.69, 9.17) is 0 Å². The maximum absolute atomic E-state index is 13.7. The Balaban J connectivity index is 1.29. The molecule has 0 saturated carbocycles. The zero-order valence-corrected chi connectivity index (χ0v) is 22.4. The van der Waals surface area contributed by atoms with Gasteiger partial charge in [-0.2, -0.15) is 22.8 Å². The van der Waals surface area contributed by atoms with Gasteiger partial charge in [0.15, 0.2) is 5.82 Å². The van der Waals surface area contributed by atoms with Crippen molar-refractivity contribution in [3.8, 4) is 5.82 Å². The van der Waals surface area contributed by atoms with Crippen molar-refractivity contribution in [2.45, 2.75) is 57.7 Å². The molecule has 1 atom stereocenters. The molecule has 10 heteroatoms. The van der Waals surface area contributed by atoms with Crippen LogP contribution in [-0.2, 0) is 19.0 Å². The van der Waals surface area contributed by atoms with E-state index in [0.29, 0.717) is 23.1 Å². The number of pyridine rings is 1. The highest BCUT2D eigenvalue weighted by molar-refractivity contribution is 5.63. The third-order valence-corrected chi connectivity index (χ3v) is 7.69. The minimum atomic E-state index is -4.70. The Morgan fingerprint density at radius 3 is 2.30 bits per heavy atom. The first kappa shape index (κ1) is 26.3. The molecule has 1 aliphatic heterocycles. The van der Waals surface area contributed by atoms with E-state index in [-0.39, 0.29) is 11.8 Å². The Hall–Kier alpha value is -3.92. The van der Waals surface area contributed by atoms with Crippen molar-refractivity contribution >= 4 is 23.0 Å². The lowest BCUT2D eigenvalue weighted by atomic mass is 10.0. The van der Waals surface area contributed by atoms with Gasteiger partial charge in [-0.25, -0.2) is 4.98 Å². The number of likely N-dealkylation sites (tertiary alicyclic amines) is 1. The quantitative estimate of drug-likeness (QED) is 0.258. The van der Waals surface area contributed by atoms with Crippen molar-refractivity contribution in [1.82, 2.24) is 24.6 Å². The first-order valence-corrected chi connectivity index (χ1v) is 13.8. The first-order chi connectivity index (χ1) is 19.3. The van der Waals surface area contributed by atoms with E-state index in [1.54, 1.807) is 13.0 Å². The maximum atomic E-state index is 13.7. The van der Waals surface area contributed by atoms with Gasteiger partial charge in [-0.05, 0) is 100.0 Å². The van der Waals surface area contributed by atoms with E-state index < -0.39 is 12.0 Å². The zero-order chi connectivity index (χ0) is 27.7. The summed E-state index contributed by atoms with van der Waals surface area (Å²) in [6.45, 7) is 4.15. The van der Waals surface area contributed by atoms with E-state index in [1.165, 1.54) is 37.1 Å². The summed E-state index contributed by atoms with van der Waals surface area (Å²) in [7, 11) is 0. The number of nitrogens with one attached hydrogen (secondary N) is 2. The van der Waals surface area contributed by atoms with Gasteiger partial charge in [0.2, 0.25) is 5.95 Å². The average Bonchev–Trinajstić information content (AvgIpc) is 3.56. The van der Waals surface area contributed by atoms with Crippen LogP contribution in [-0.4, -0.2) is 43.8 Å². The summed E-state index contributed by atoms with van der Waals surface area (Å²) >= 11 is 0. The predicted octanol–water partition coefficient (Wildman–Crippen LogP) is 6.82. The number of hydrogen-bond donors (Lipinski definition) is 2. The Kier molecular flexibility index (Phi) is 7.18. The summed E-state index contributed by atoms with van der Waals surface area (Å²) in [5.41, 5.74) is 5.38. The third-order valence-electron chi connectivity index (χ3n) is 7.69. The van der Waals surface area contributed by atoms with Crippen molar-refractivity contribution < 1.29 is 13.2 Å². The molecule has 2 aromatic carbocycles. The van der Waals surface area contributed by atoms with Gasteiger partial charge in [0.1, 0.15) is 0 Å². The predicted molar refractivity (Wildman–Crippen MR) is 150 cm³/mol. The van der Waals surface area contributed by atoms with Crippen LogP contribution >= 0.6 is 0 Å². The highest BCUT2D eigenvalue weighted by Crippen LogP contribution is 2.32. The molecule has 40 heavy (non-hydrogen) atoms. The number of anilines is 4. The normalized spacial score (nSPS) is 17.9. The van der Waals surface area contributed by atoms with Gasteiger partial charge in [0, 0.05) is 34.9 Å². The highest BCUT2D eigenvalue weighted by Gasteiger charge is 2.37. The molecule has 2 N–H and O–H groups in total. The molecule has 1 aliphatic carbocycles. The fourth-order valence-electron chi connectivity index (χ4n) is 5.76. The van der Waals surface area contributed by atoms with Crippen LogP contribution in [0.3, 0.4) is 0 Å². The van der Waals surface area contributed by atoms with Crippen LogP contribution < -0.4 is 10.6 Å². The number of benzene rings is 2. The van der Waals surface area contributed by atoms with E-state index in [1.807, 2.05) is 48.5 Å². The largest absolute Gasteiger partial charge is 0.453 e. The van der Waals surface area contributed by atoms with E-state index in [2.05, 4.69) is 36.7 Å². The molecule has 1 saturated heterocycles. The Labute approximate surface area is 231 Å². The van der Waals surface area contributed by atoms with E-state index >= 15 is 0 Å². The lowest BCUT2D eigenvalue weighted by Gasteiger charge is -2.25. The number of nitrogens with zero attached hydrogens (tertiary/aromatic N) is 5. The average molecular weight is 548 g/mol. The monoisotopic (exact) mass is 547 g/mol. The minimum Gasteiger partial charge on any atom is -0.355 e. The standard InChI is InChI=1S/C30H32F3N7/c1-20-17-25(35-23-7-3-2-4-8-23)19-27(34-20)40-29(37-28(38-40)30(31,32)33)36-24-12-9-21-10-13-26(14-11-22(21)18-24)39-15-5-6-16-39/h2-4,7-9,12,17-19,26H,5-6,10-11,13-16H2,1H3,(H,34,35)(H,36,37,38). The second-order valence-electron chi connectivity index (χ2n) is 10.6. The highest BCUT2D eigenvalue weighted by atomic mass is 19.4. The molecule has 0 radical (unpaired) electrons. The van der Waals surface area contributed by atoms with Gasteiger partial charge < -0.3 is 15.5 Å². The summed E-state index contributed by atoms with van der Waals surface area (Å²) in [5, 5.41) is 10.2. The van der Waals surface area contributed by atoms with Gasteiger partial charge >= 0.3 is 6.18 Å². The fourth-order valence-corrected chi connectivity index (χ4v) is 5.76. The van der Waals surface area contributed by atoms with Crippen molar-refractivity contribution in [2.24, 2.45) is 0 Å². The molecule has 0 bridgehead atoms. The topological polar surface area (TPSA) is 70.9 Å². The molecule has 2 aromatic heterocycles. The van der Waals surface area contributed by atoms with Crippen LogP contribution in [0.15, 0.2) is 60.7 Å². The zero-order valence-electron chi connectivity index (χ0n) is 22.4. The molecular formula is C30H32F3N7. The van der Waals surface area contributed by atoms with Crippen LogP contribution in [0, 0.1) is 6.92 Å². The lowest BCUT2D eigenvalue weighted by Crippen LogP contribution is -2.32. The molecule has 4 aromatic rings. The Morgan fingerprint density at radius 2 is 1.55 bits per heavy atom. The van der Waals surface area contributed by atoms with E-state index in [9.17, 15) is 13.2 Å². The number of fused-ring (bicyclic) bond motifs is 1. The summed E-state index contributed by atoms with van der Waals surface area (Å²) in [6.07, 6.45) is 2.04. The van der Waals surface area contributed by atoms with Crippen LogP contribution in [0.4, 0.5) is 36.2 Å². The number of rotatable bonds is 6. The number of alkyl halides is 3. The molecule has 6 rings (SSSR count). The van der Waals surface area contributed by atoms with Crippen LogP contribution in [0.2, 0.25) is 0 Å². The second kappa shape index (κ2) is 10.9. The molecule has 0 spiro atoms. The summed E-state index contributed by atoms with van der Waals surface area (Å²) in [4.78, 5) is 10.9. The second-order valence-corrected chi connectivity index (χ2v) is 10.6. The van der Waals surface area contributed by atoms with E-state index in [0.717, 1.165) is 36.1 Å². The summed E-state index contributed by atoms with van der Waals surface area (Å²) in [5.74, 6) is -1.04. The van der Waals surface area contributed by atoms with Gasteiger partial charge in [-0.1, -0.05) is 24.3 Å². The van der Waals surface area contributed by atoms with Gasteiger partial charge in [-0.15, -0.1) is 5.10 Å². The summed E-state index contributed by atoms with van der Waals surface area (Å²) < 4.78 is 42.3. The molecule has 1 unspecified atom stereocenters. The van der Waals surface area contributed by atoms with Crippen molar-refractivity contribution in [1.29, 1.82) is 0 Å². The first-order valence-electron chi connectivity index (χ1n) is 13.8. The van der Waals surface area contributed by atoms with Crippen molar-refractivity contribution in [3.05, 3.63) is 83.3 Å². The smallest absolute Gasteiger partial charge is 0.355 e. The van der Waals surface area contributed by atoms with Crippen molar-refractivity contribution in [2.75, 3.05) is 23.7 Å². The van der Waals surface area contributed by atoms with Crippen molar-refractivity contribution in [3.63, 3.8) is 0 Å². The van der Waals surface area contributed by atoms with Crippen LogP contribution in [0.1, 0.15) is 48.3 Å². The van der Waals surface area contributed by atoms with Gasteiger partial charge in [0.25, 0.3) is 5.82 Å². The molecule has 7 nitrogen and oxygen atoms in total. The molecule has 1 fully saturated rings. The summed E-state index contributed by atoms with van der Waals surface area (Å²) in [6, 6.07) is 19.7. The molecule has 0 amide bonds. The van der Waals surface area contributed by atoms with Gasteiger partial charge in [-0.3, -0.25) is 0 Å². The number of para-hydroxylation sites is 1. The number of hydrogen-bond acceptors (Lipinski definition) is 6. The molecule has 3 heterocycles. The number of aryl methyl sites for hydroxylation is 3. The minimum absolute atomic E-state index is 0.0420.